The number of ether oxygens (including phenoxy) is 1. The summed E-state index contributed by atoms with van der Waals surface area (Å²) in [6.45, 7) is 1.27. The molecule has 1 heterocycles. The number of carboxylic acids is 1. The monoisotopic (exact) mass is 298 g/mol. The van der Waals surface area contributed by atoms with Crippen molar-refractivity contribution in [1.29, 1.82) is 0 Å². The van der Waals surface area contributed by atoms with Crippen molar-refractivity contribution in [3.63, 3.8) is 0 Å². The van der Waals surface area contributed by atoms with E-state index in [1.807, 2.05) is 0 Å². The third-order valence-corrected chi connectivity index (χ3v) is 3.09. The van der Waals surface area contributed by atoms with E-state index in [2.05, 4.69) is 5.32 Å². The number of alkyl halides is 3. The van der Waals surface area contributed by atoms with Gasteiger partial charge in [0.15, 0.2) is 0 Å². The maximum Gasteiger partial charge on any atom is 0.391 e. The number of aliphatic carboxylic acids is 1. The summed E-state index contributed by atoms with van der Waals surface area (Å²) >= 11 is 0. The average molecular weight is 298 g/mol. The highest BCUT2D eigenvalue weighted by molar-refractivity contribution is 5.77. The number of carbonyl (C=O) groups is 2. The quantitative estimate of drug-likeness (QED) is 0.813. The molecule has 0 aromatic carbocycles. The first-order chi connectivity index (χ1) is 9.11. The Morgan fingerprint density at radius 2 is 2.05 bits per heavy atom. The summed E-state index contributed by atoms with van der Waals surface area (Å²) in [6.07, 6.45) is -5.51. The second kappa shape index (κ2) is 6.29. The Hall–Kier alpha value is -1.51. The molecule has 0 aliphatic carbocycles. The van der Waals surface area contributed by atoms with Gasteiger partial charge in [-0.05, 0) is 6.92 Å². The molecule has 3 atom stereocenters. The minimum absolute atomic E-state index is 0.0181. The molecule has 2 amide bonds. The molecule has 0 bridgehead atoms. The Balaban J connectivity index is 2.56. The highest BCUT2D eigenvalue weighted by Gasteiger charge is 2.39. The van der Waals surface area contributed by atoms with Crippen LogP contribution in [0.2, 0.25) is 0 Å². The number of carbonyl (C=O) groups excluding carboxylic acids is 1. The molecule has 6 nitrogen and oxygen atoms in total. The minimum atomic E-state index is -4.37. The maximum atomic E-state index is 12.2. The van der Waals surface area contributed by atoms with Gasteiger partial charge in [0, 0.05) is 13.1 Å². The number of carboxylic acid groups (broad SMARTS) is 1. The Labute approximate surface area is 113 Å². The number of rotatable bonds is 4. The highest BCUT2D eigenvalue weighted by Crippen LogP contribution is 2.22. The van der Waals surface area contributed by atoms with Crippen LogP contribution < -0.4 is 5.32 Å². The van der Waals surface area contributed by atoms with Gasteiger partial charge in [-0.25, -0.2) is 4.79 Å². The van der Waals surface area contributed by atoms with Crippen molar-refractivity contribution in [2.24, 2.45) is 5.92 Å². The molecule has 1 rings (SSSR count). The highest BCUT2D eigenvalue weighted by atomic mass is 19.4. The van der Waals surface area contributed by atoms with Crippen LogP contribution in [0.1, 0.15) is 13.3 Å². The number of urea groups is 1. The molecule has 1 aliphatic heterocycles. The van der Waals surface area contributed by atoms with Gasteiger partial charge in [-0.15, -0.1) is 0 Å². The Kier molecular flexibility index (Phi) is 5.21. The second-order valence-corrected chi connectivity index (χ2v) is 4.83. The van der Waals surface area contributed by atoms with Crippen molar-refractivity contribution >= 4 is 12.0 Å². The summed E-state index contributed by atoms with van der Waals surface area (Å²) in [5.41, 5.74) is 0. The van der Waals surface area contributed by atoms with E-state index in [1.165, 1.54) is 14.0 Å². The van der Waals surface area contributed by atoms with Crippen LogP contribution in [-0.4, -0.2) is 60.5 Å². The third kappa shape index (κ3) is 4.55. The fourth-order valence-corrected chi connectivity index (χ4v) is 2.02. The van der Waals surface area contributed by atoms with Crippen molar-refractivity contribution in [1.82, 2.24) is 10.2 Å². The van der Waals surface area contributed by atoms with Crippen LogP contribution in [0.3, 0.4) is 0 Å². The van der Waals surface area contributed by atoms with Crippen LogP contribution in [0, 0.1) is 5.92 Å². The average Bonchev–Trinajstić information content (AvgIpc) is 2.73. The van der Waals surface area contributed by atoms with E-state index < -0.39 is 42.6 Å². The molecule has 0 radical (unpaired) electrons. The summed E-state index contributed by atoms with van der Waals surface area (Å²) in [6, 6.07) is -2.52. The van der Waals surface area contributed by atoms with E-state index in [4.69, 9.17) is 9.84 Å². The van der Waals surface area contributed by atoms with E-state index in [1.54, 1.807) is 0 Å². The Bertz CT molecular complexity index is 375. The molecular weight excluding hydrogens is 281 g/mol. The van der Waals surface area contributed by atoms with Crippen LogP contribution >= 0.6 is 0 Å². The first-order valence-corrected chi connectivity index (χ1v) is 6.02. The van der Waals surface area contributed by atoms with Crippen LogP contribution in [-0.2, 0) is 9.53 Å². The summed E-state index contributed by atoms with van der Waals surface area (Å²) in [7, 11) is 1.34. The first-order valence-electron chi connectivity index (χ1n) is 6.02. The van der Waals surface area contributed by atoms with E-state index in [-0.39, 0.29) is 13.2 Å². The Morgan fingerprint density at radius 1 is 1.45 bits per heavy atom. The van der Waals surface area contributed by atoms with Crippen molar-refractivity contribution in [3.05, 3.63) is 0 Å². The summed E-state index contributed by atoms with van der Waals surface area (Å²) in [5.74, 6) is -1.97. The predicted octanol–water partition coefficient (Wildman–Crippen LogP) is 1.07. The lowest BCUT2D eigenvalue weighted by molar-refractivity contribution is -0.142. The Morgan fingerprint density at radius 3 is 2.55 bits per heavy atom. The lowest BCUT2D eigenvalue weighted by Gasteiger charge is -2.28. The van der Waals surface area contributed by atoms with Crippen molar-refractivity contribution in [2.75, 3.05) is 20.3 Å². The summed E-state index contributed by atoms with van der Waals surface area (Å²) < 4.78 is 41.5. The molecule has 0 spiro atoms. The van der Waals surface area contributed by atoms with Gasteiger partial charge in [-0.3, -0.25) is 4.79 Å². The molecule has 1 fully saturated rings. The van der Waals surface area contributed by atoms with Gasteiger partial charge in [0.05, 0.1) is 25.7 Å². The number of nitrogens with zero attached hydrogens (tertiary/aromatic N) is 1. The van der Waals surface area contributed by atoms with Gasteiger partial charge >= 0.3 is 18.2 Å². The molecular formula is C11H17F3N2O4. The van der Waals surface area contributed by atoms with Crippen LogP contribution in [0.25, 0.3) is 0 Å². The van der Waals surface area contributed by atoms with Gasteiger partial charge in [0.25, 0.3) is 0 Å². The van der Waals surface area contributed by atoms with Gasteiger partial charge < -0.3 is 20.1 Å². The molecule has 0 saturated carbocycles. The first kappa shape index (κ1) is 16.5. The van der Waals surface area contributed by atoms with E-state index in [0.717, 1.165) is 4.90 Å². The van der Waals surface area contributed by atoms with Crippen molar-refractivity contribution in [2.45, 2.75) is 31.6 Å². The summed E-state index contributed by atoms with van der Waals surface area (Å²) in [5, 5.41) is 11.2. The van der Waals surface area contributed by atoms with Crippen molar-refractivity contribution in [3.8, 4) is 0 Å². The number of likely N-dealkylation sites (N-methyl/N-ethyl adjacent to an activating group) is 1. The van der Waals surface area contributed by atoms with Crippen molar-refractivity contribution < 1.29 is 32.6 Å². The van der Waals surface area contributed by atoms with Gasteiger partial charge in [0.2, 0.25) is 0 Å². The van der Waals surface area contributed by atoms with E-state index >= 15 is 0 Å². The zero-order valence-electron chi connectivity index (χ0n) is 11.1. The number of hydrogen-bond donors (Lipinski definition) is 2. The molecule has 20 heavy (non-hydrogen) atoms. The van der Waals surface area contributed by atoms with Gasteiger partial charge in [-0.2, -0.15) is 13.2 Å². The fourth-order valence-electron chi connectivity index (χ4n) is 2.02. The third-order valence-electron chi connectivity index (χ3n) is 3.09. The lowest BCUT2D eigenvalue weighted by atomic mass is 10.0. The zero-order chi connectivity index (χ0) is 15.5. The van der Waals surface area contributed by atoms with Gasteiger partial charge in [-0.1, -0.05) is 0 Å². The normalized spacial score (nSPS) is 24.2. The fraction of sp³-hybridized carbons (Fsp3) is 0.818. The second-order valence-electron chi connectivity index (χ2n) is 4.83. The number of halogens is 3. The number of hydrogen-bond acceptors (Lipinski definition) is 3. The van der Waals surface area contributed by atoms with Crippen LogP contribution in [0.5, 0.6) is 0 Å². The molecule has 116 valence electrons. The molecule has 0 aromatic heterocycles. The molecule has 9 heteroatoms. The minimum Gasteiger partial charge on any atom is -0.481 e. The molecule has 1 saturated heterocycles. The van der Waals surface area contributed by atoms with E-state index in [0.29, 0.717) is 0 Å². The maximum absolute atomic E-state index is 12.2. The van der Waals surface area contributed by atoms with Crippen LogP contribution in [0.4, 0.5) is 18.0 Å². The SMILES string of the molecule is CC(CC(F)(F)F)NC(=O)N(C)C1COCC1C(=O)O. The molecule has 3 unspecified atom stereocenters. The number of nitrogens with one attached hydrogen (secondary N) is 1. The van der Waals surface area contributed by atoms with E-state index in [9.17, 15) is 22.8 Å². The standard InChI is InChI=1S/C11H17F3N2O4/c1-6(3-11(12,13)14)15-10(19)16(2)8-5-20-4-7(8)9(17)18/h6-8H,3-5H2,1-2H3,(H,15,19)(H,17,18). The number of amides is 2. The lowest BCUT2D eigenvalue weighted by Crippen LogP contribution is -2.50. The zero-order valence-corrected chi connectivity index (χ0v) is 11.1. The smallest absolute Gasteiger partial charge is 0.391 e. The predicted molar refractivity (Wildman–Crippen MR) is 62.2 cm³/mol. The van der Waals surface area contributed by atoms with Crippen LogP contribution in [0.15, 0.2) is 0 Å². The van der Waals surface area contributed by atoms with Gasteiger partial charge in [0.1, 0.15) is 5.92 Å². The summed E-state index contributed by atoms with van der Waals surface area (Å²) in [4.78, 5) is 23.8. The topological polar surface area (TPSA) is 78.9 Å². The molecule has 0 aromatic rings. The molecule has 1 aliphatic rings. The molecule has 2 N–H and O–H groups in total. The largest absolute Gasteiger partial charge is 0.481 e.